The van der Waals surface area contributed by atoms with Crippen molar-refractivity contribution in [1.82, 2.24) is 0 Å². The molecule has 0 saturated carbocycles. The third-order valence-corrected chi connectivity index (χ3v) is 4.79. The summed E-state index contributed by atoms with van der Waals surface area (Å²) >= 11 is 0. The van der Waals surface area contributed by atoms with E-state index >= 15 is 0 Å². The zero-order valence-corrected chi connectivity index (χ0v) is 11.5. The maximum absolute atomic E-state index is 9.04. The summed E-state index contributed by atoms with van der Waals surface area (Å²) in [5.74, 6) is 3.14. The number of nitrogens with zero attached hydrogens (tertiary/aromatic N) is 1. The van der Waals surface area contributed by atoms with Crippen LogP contribution in [0.3, 0.4) is 0 Å². The molecule has 0 radical (unpaired) electrons. The van der Waals surface area contributed by atoms with Gasteiger partial charge < -0.3 is 0 Å². The molecule has 0 amide bonds. The summed E-state index contributed by atoms with van der Waals surface area (Å²) in [6, 6.07) is 10.8. The van der Waals surface area contributed by atoms with E-state index in [0.717, 1.165) is 12.6 Å². The van der Waals surface area contributed by atoms with Crippen LogP contribution in [0.25, 0.3) is 0 Å². The van der Waals surface area contributed by atoms with Gasteiger partial charge in [-0.15, -0.1) is 0 Å². The number of nitriles is 1. The van der Waals surface area contributed by atoms with Crippen molar-refractivity contribution >= 4 is 6.71 Å². The summed E-state index contributed by atoms with van der Waals surface area (Å²) in [5, 5.41) is 9.04. The summed E-state index contributed by atoms with van der Waals surface area (Å²) in [7, 11) is 0. The number of hydrogen-bond acceptors (Lipinski definition) is 1. The zero-order chi connectivity index (χ0) is 13.0. The van der Waals surface area contributed by atoms with E-state index in [-0.39, 0.29) is 0 Å². The van der Waals surface area contributed by atoms with Gasteiger partial charge in [0, 0.05) is 5.97 Å². The minimum atomic E-state index is 0.299. The Labute approximate surface area is 111 Å². The first-order valence-electron chi connectivity index (χ1n) is 7.10. The monoisotopic (exact) mass is 239 g/mol. The van der Waals surface area contributed by atoms with Gasteiger partial charge in [-0.3, -0.25) is 0 Å². The lowest BCUT2D eigenvalue weighted by atomic mass is 9.38. The molecule has 2 rings (SSSR count). The highest BCUT2D eigenvalue weighted by atomic mass is 14.4. The molecule has 0 aliphatic carbocycles. The van der Waals surface area contributed by atoms with Crippen molar-refractivity contribution in [3.63, 3.8) is 0 Å². The first kappa shape index (κ1) is 13.2. The van der Waals surface area contributed by atoms with Gasteiger partial charge in [-0.1, -0.05) is 69.7 Å². The van der Waals surface area contributed by atoms with Crippen molar-refractivity contribution in [1.29, 1.82) is 5.26 Å². The maximum atomic E-state index is 9.04. The Kier molecular flexibility index (Phi) is 4.12. The minimum Gasteiger partial charge on any atom is -0.213 e. The Hall–Kier alpha value is -1.23. The lowest BCUT2D eigenvalue weighted by Gasteiger charge is -2.42. The predicted octanol–water partition coefficient (Wildman–Crippen LogP) is 4.22. The summed E-state index contributed by atoms with van der Waals surface area (Å²) in [6.45, 7) is 4.98. The van der Waals surface area contributed by atoms with Crippen LogP contribution in [0.4, 0.5) is 0 Å². The summed E-state index contributed by atoms with van der Waals surface area (Å²) < 4.78 is 0. The van der Waals surface area contributed by atoms with Crippen LogP contribution in [0.15, 0.2) is 30.3 Å². The van der Waals surface area contributed by atoms with Gasteiger partial charge >= 0.3 is 0 Å². The van der Waals surface area contributed by atoms with Gasteiger partial charge in [0.25, 0.3) is 6.71 Å². The van der Waals surface area contributed by atoms with E-state index in [2.05, 4.69) is 50.1 Å². The Morgan fingerprint density at radius 2 is 1.83 bits per heavy atom. The third kappa shape index (κ3) is 2.78. The summed E-state index contributed by atoms with van der Waals surface area (Å²) in [4.78, 5) is 0. The van der Waals surface area contributed by atoms with Crippen LogP contribution < -0.4 is 0 Å². The fraction of sp³-hybridized carbons (Fsp3) is 0.562. The second kappa shape index (κ2) is 5.61. The van der Waals surface area contributed by atoms with Gasteiger partial charge in [0.2, 0.25) is 0 Å². The molecule has 94 valence electrons. The van der Waals surface area contributed by atoms with Gasteiger partial charge in [0.1, 0.15) is 0 Å². The minimum absolute atomic E-state index is 0.299. The maximum Gasteiger partial charge on any atom is 0.267 e. The number of rotatable bonds is 3. The molecule has 1 fully saturated rings. The average molecular weight is 239 g/mol. The summed E-state index contributed by atoms with van der Waals surface area (Å²) in [5.41, 5.74) is 1.86. The van der Waals surface area contributed by atoms with Gasteiger partial charge in [0.15, 0.2) is 0 Å². The zero-order valence-electron chi connectivity index (χ0n) is 11.5. The smallest absolute Gasteiger partial charge is 0.213 e. The lowest BCUT2D eigenvalue weighted by molar-refractivity contribution is 0.161. The molecule has 1 aromatic rings. The quantitative estimate of drug-likeness (QED) is 0.724. The first-order valence-corrected chi connectivity index (χ1v) is 7.10. The van der Waals surface area contributed by atoms with E-state index in [0.29, 0.717) is 18.0 Å². The molecule has 1 aliphatic heterocycles. The molecular formula is C16H22BN. The molecule has 0 atom stereocenters. The Morgan fingerprint density at radius 3 is 2.33 bits per heavy atom. The van der Waals surface area contributed by atoms with Crippen molar-refractivity contribution in [3.05, 3.63) is 35.9 Å². The van der Waals surface area contributed by atoms with Crippen molar-refractivity contribution in [2.75, 3.05) is 0 Å². The molecule has 0 unspecified atom stereocenters. The predicted molar refractivity (Wildman–Crippen MR) is 77.6 cm³/mol. The van der Waals surface area contributed by atoms with Crippen LogP contribution in [0.1, 0.15) is 32.3 Å². The number of benzene rings is 1. The highest BCUT2D eigenvalue weighted by molar-refractivity contribution is 6.67. The normalized spacial score (nSPS) is 18.7. The largest absolute Gasteiger partial charge is 0.267 e. The molecule has 0 spiro atoms. The SMILES string of the molecule is CC(C)C1(Cc2ccccc2)CCB(C#N)CC1. The molecule has 1 saturated heterocycles. The molecule has 0 N–H and O–H groups in total. The molecule has 1 aliphatic rings. The highest BCUT2D eigenvalue weighted by Gasteiger charge is 2.39. The first-order chi connectivity index (χ1) is 8.66. The van der Waals surface area contributed by atoms with Crippen molar-refractivity contribution in [2.24, 2.45) is 11.3 Å². The van der Waals surface area contributed by atoms with E-state index in [9.17, 15) is 0 Å². The third-order valence-electron chi connectivity index (χ3n) is 4.79. The van der Waals surface area contributed by atoms with Crippen LogP contribution >= 0.6 is 0 Å². The molecular weight excluding hydrogens is 217 g/mol. The molecule has 18 heavy (non-hydrogen) atoms. The Bertz CT molecular complexity index is 410. The van der Waals surface area contributed by atoms with E-state index < -0.39 is 0 Å². The highest BCUT2D eigenvalue weighted by Crippen LogP contribution is 2.45. The molecule has 2 heteroatoms. The molecule has 1 heterocycles. The van der Waals surface area contributed by atoms with Crippen LogP contribution in [-0.4, -0.2) is 6.71 Å². The van der Waals surface area contributed by atoms with E-state index in [4.69, 9.17) is 5.26 Å². The number of hydrogen-bond donors (Lipinski definition) is 0. The standard InChI is InChI=1S/C16H22BN/c1-14(2)16(8-10-17(13-18)11-9-16)12-15-6-4-3-5-7-15/h3-7,14H,8-12H2,1-2H3. The summed E-state index contributed by atoms with van der Waals surface area (Å²) in [6.07, 6.45) is 5.75. The van der Waals surface area contributed by atoms with E-state index in [1.807, 2.05) is 0 Å². The van der Waals surface area contributed by atoms with Crippen molar-refractivity contribution < 1.29 is 0 Å². The van der Waals surface area contributed by atoms with Gasteiger partial charge in [0.05, 0.1) is 0 Å². The molecule has 0 bridgehead atoms. The van der Waals surface area contributed by atoms with Crippen molar-refractivity contribution in [2.45, 2.75) is 45.8 Å². The van der Waals surface area contributed by atoms with E-state index in [1.54, 1.807) is 0 Å². The Balaban J connectivity index is 2.12. The lowest BCUT2D eigenvalue weighted by Crippen LogP contribution is -2.36. The van der Waals surface area contributed by atoms with Crippen LogP contribution in [-0.2, 0) is 6.42 Å². The van der Waals surface area contributed by atoms with Crippen molar-refractivity contribution in [3.8, 4) is 5.97 Å². The van der Waals surface area contributed by atoms with E-state index in [1.165, 1.54) is 24.8 Å². The van der Waals surface area contributed by atoms with Crippen LogP contribution in [0.5, 0.6) is 0 Å². The average Bonchev–Trinajstić information content (AvgIpc) is 2.40. The molecule has 1 aromatic carbocycles. The van der Waals surface area contributed by atoms with Gasteiger partial charge in [-0.05, 0) is 23.3 Å². The van der Waals surface area contributed by atoms with Gasteiger partial charge in [-0.25, -0.2) is 5.26 Å². The van der Waals surface area contributed by atoms with Crippen LogP contribution in [0, 0.1) is 22.6 Å². The molecule has 1 nitrogen and oxygen atoms in total. The molecule has 0 aromatic heterocycles. The second-order valence-electron chi connectivity index (χ2n) is 6.08. The topological polar surface area (TPSA) is 23.8 Å². The fourth-order valence-electron chi connectivity index (χ4n) is 3.28. The Morgan fingerprint density at radius 1 is 1.22 bits per heavy atom. The second-order valence-corrected chi connectivity index (χ2v) is 6.08. The van der Waals surface area contributed by atoms with Crippen LogP contribution in [0.2, 0.25) is 12.6 Å². The van der Waals surface area contributed by atoms with Gasteiger partial charge in [-0.2, -0.15) is 0 Å². The fourth-order valence-corrected chi connectivity index (χ4v) is 3.28.